The molecule has 0 amide bonds. The average molecular weight is 261 g/mol. The first-order valence-electron chi connectivity index (χ1n) is 4.33. The molecule has 0 aliphatic heterocycles. The van der Waals surface area contributed by atoms with E-state index < -0.39 is 53.5 Å². The van der Waals surface area contributed by atoms with Crippen LogP contribution in [-0.2, 0) is 5.92 Å². The summed E-state index contributed by atoms with van der Waals surface area (Å²) >= 11 is 0. The Morgan fingerprint density at radius 1 is 0.765 bits per heavy atom. The standard InChI is InChI=1S/C9H6F7N/c10-4-3(9(15,16)1-2-17)5(11)7(13)8(14)6(4)12/h1-2,17H2. The maximum Gasteiger partial charge on any atom is 0.280 e. The minimum absolute atomic E-state index is 0.674. The summed E-state index contributed by atoms with van der Waals surface area (Å²) in [4.78, 5) is 0. The Morgan fingerprint density at radius 3 is 1.47 bits per heavy atom. The lowest BCUT2D eigenvalue weighted by atomic mass is 10.0. The number of halogens is 7. The molecule has 0 heterocycles. The van der Waals surface area contributed by atoms with Gasteiger partial charge in [-0.15, -0.1) is 0 Å². The summed E-state index contributed by atoms with van der Waals surface area (Å²) in [5, 5.41) is 0. The highest BCUT2D eigenvalue weighted by Gasteiger charge is 2.41. The largest absolute Gasteiger partial charge is 0.330 e. The monoisotopic (exact) mass is 261 g/mol. The Hall–Kier alpha value is -1.31. The van der Waals surface area contributed by atoms with Crippen molar-refractivity contribution >= 4 is 0 Å². The molecule has 1 aromatic rings. The van der Waals surface area contributed by atoms with Crippen LogP contribution in [0.15, 0.2) is 0 Å². The molecule has 8 heteroatoms. The molecule has 0 spiro atoms. The van der Waals surface area contributed by atoms with Gasteiger partial charge in [0.1, 0.15) is 0 Å². The molecule has 0 saturated heterocycles. The highest BCUT2D eigenvalue weighted by molar-refractivity contribution is 5.27. The van der Waals surface area contributed by atoms with Crippen molar-refractivity contribution in [2.24, 2.45) is 5.73 Å². The summed E-state index contributed by atoms with van der Waals surface area (Å²) < 4.78 is 90.1. The summed E-state index contributed by atoms with van der Waals surface area (Å²) in [6, 6.07) is 0. The lowest BCUT2D eigenvalue weighted by Crippen LogP contribution is -2.24. The molecule has 0 bridgehead atoms. The van der Waals surface area contributed by atoms with Crippen molar-refractivity contribution in [3.63, 3.8) is 0 Å². The van der Waals surface area contributed by atoms with Crippen LogP contribution in [0.3, 0.4) is 0 Å². The molecule has 0 aromatic heterocycles. The molecule has 2 N–H and O–H groups in total. The van der Waals surface area contributed by atoms with Crippen LogP contribution in [0.2, 0.25) is 0 Å². The fourth-order valence-electron chi connectivity index (χ4n) is 1.23. The zero-order chi connectivity index (χ0) is 13.4. The van der Waals surface area contributed by atoms with E-state index in [-0.39, 0.29) is 0 Å². The molecule has 0 fully saturated rings. The van der Waals surface area contributed by atoms with E-state index in [1.54, 1.807) is 0 Å². The summed E-state index contributed by atoms with van der Waals surface area (Å²) in [5.74, 6) is -16.6. The van der Waals surface area contributed by atoms with Gasteiger partial charge in [0.25, 0.3) is 5.92 Å². The van der Waals surface area contributed by atoms with E-state index in [0.29, 0.717) is 0 Å². The minimum atomic E-state index is -4.22. The number of alkyl halides is 2. The second-order valence-electron chi connectivity index (χ2n) is 3.19. The molecule has 0 aliphatic rings. The van der Waals surface area contributed by atoms with Crippen LogP contribution in [0.4, 0.5) is 30.7 Å². The Kier molecular flexibility index (Phi) is 3.65. The Bertz CT molecular complexity index is 414. The first-order valence-corrected chi connectivity index (χ1v) is 4.33. The zero-order valence-corrected chi connectivity index (χ0v) is 8.14. The third-order valence-electron chi connectivity index (χ3n) is 2.03. The normalized spacial score (nSPS) is 12.0. The van der Waals surface area contributed by atoms with Crippen LogP contribution in [-0.4, -0.2) is 6.54 Å². The van der Waals surface area contributed by atoms with Crippen LogP contribution in [0.1, 0.15) is 12.0 Å². The third kappa shape index (κ3) is 2.21. The van der Waals surface area contributed by atoms with Gasteiger partial charge < -0.3 is 5.73 Å². The molecule has 17 heavy (non-hydrogen) atoms. The van der Waals surface area contributed by atoms with Crippen LogP contribution in [0, 0.1) is 29.1 Å². The Labute approximate surface area is 91.0 Å². The molecular weight excluding hydrogens is 255 g/mol. The van der Waals surface area contributed by atoms with Crippen LogP contribution < -0.4 is 5.73 Å². The van der Waals surface area contributed by atoms with Gasteiger partial charge in [-0.05, 0) is 6.54 Å². The van der Waals surface area contributed by atoms with E-state index >= 15 is 0 Å². The molecule has 1 nitrogen and oxygen atoms in total. The fraction of sp³-hybridized carbons (Fsp3) is 0.333. The van der Waals surface area contributed by atoms with Gasteiger partial charge in [-0.3, -0.25) is 0 Å². The van der Waals surface area contributed by atoms with Gasteiger partial charge in [0, 0.05) is 6.42 Å². The van der Waals surface area contributed by atoms with Crippen LogP contribution in [0.25, 0.3) is 0 Å². The van der Waals surface area contributed by atoms with Crippen molar-refractivity contribution in [2.45, 2.75) is 12.3 Å². The first-order chi connectivity index (χ1) is 7.74. The predicted octanol–water partition coefficient (Wildman–Crippen LogP) is 2.82. The van der Waals surface area contributed by atoms with Gasteiger partial charge in [-0.25, -0.2) is 30.7 Å². The number of nitrogens with two attached hydrogens (primary N) is 1. The highest BCUT2D eigenvalue weighted by Crippen LogP contribution is 2.37. The Morgan fingerprint density at radius 2 is 1.12 bits per heavy atom. The second-order valence-corrected chi connectivity index (χ2v) is 3.19. The Balaban J connectivity index is 3.54. The van der Waals surface area contributed by atoms with E-state index in [1.165, 1.54) is 0 Å². The van der Waals surface area contributed by atoms with Gasteiger partial charge in [-0.2, -0.15) is 0 Å². The molecule has 0 saturated carbocycles. The van der Waals surface area contributed by atoms with Crippen molar-refractivity contribution < 1.29 is 30.7 Å². The van der Waals surface area contributed by atoms with Gasteiger partial charge in [-0.1, -0.05) is 0 Å². The second kappa shape index (κ2) is 4.52. The van der Waals surface area contributed by atoms with Crippen LogP contribution in [0.5, 0.6) is 0 Å². The van der Waals surface area contributed by atoms with Gasteiger partial charge >= 0.3 is 0 Å². The van der Waals surface area contributed by atoms with Crippen molar-refractivity contribution in [2.75, 3.05) is 6.54 Å². The maximum absolute atomic E-state index is 13.2. The number of hydrogen-bond donors (Lipinski definition) is 1. The third-order valence-corrected chi connectivity index (χ3v) is 2.03. The van der Waals surface area contributed by atoms with E-state index in [2.05, 4.69) is 0 Å². The zero-order valence-electron chi connectivity index (χ0n) is 8.14. The molecule has 0 unspecified atom stereocenters. The smallest absolute Gasteiger partial charge is 0.280 e. The SMILES string of the molecule is NCCC(F)(F)c1c(F)c(F)c(F)c(F)c1F. The van der Waals surface area contributed by atoms with E-state index in [4.69, 9.17) is 5.73 Å². The maximum atomic E-state index is 13.2. The number of benzene rings is 1. The van der Waals surface area contributed by atoms with E-state index in [1.807, 2.05) is 0 Å². The number of rotatable bonds is 3. The first kappa shape index (κ1) is 13.8. The predicted molar refractivity (Wildman–Crippen MR) is 43.8 cm³/mol. The lowest BCUT2D eigenvalue weighted by molar-refractivity contribution is -0.0193. The van der Waals surface area contributed by atoms with Crippen molar-refractivity contribution in [3.05, 3.63) is 34.6 Å². The van der Waals surface area contributed by atoms with Crippen molar-refractivity contribution in [1.29, 1.82) is 0 Å². The van der Waals surface area contributed by atoms with Gasteiger partial charge in [0.2, 0.25) is 5.82 Å². The molecular formula is C9H6F7N. The van der Waals surface area contributed by atoms with E-state index in [9.17, 15) is 30.7 Å². The topological polar surface area (TPSA) is 26.0 Å². The van der Waals surface area contributed by atoms with Crippen LogP contribution >= 0.6 is 0 Å². The quantitative estimate of drug-likeness (QED) is 0.505. The molecule has 0 radical (unpaired) electrons. The molecule has 1 rings (SSSR count). The molecule has 96 valence electrons. The lowest BCUT2D eigenvalue weighted by Gasteiger charge is -2.18. The molecule has 0 aliphatic carbocycles. The van der Waals surface area contributed by atoms with Gasteiger partial charge in [0.15, 0.2) is 23.3 Å². The minimum Gasteiger partial charge on any atom is -0.330 e. The fourth-order valence-corrected chi connectivity index (χ4v) is 1.23. The summed E-state index contributed by atoms with van der Waals surface area (Å²) in [6.45, 7) is -0.674. The number of hydrogen-bond acceptors (Lipinski definition) is 1. The van der Waals surface area contributed by atoms with E-state index in [0.717, 1.165) is 0 Å². The van der Waals surface area contributed by atoms with Gasteiger partial charge in [0.05, 0.1) is 5.56 Å². The molecule has 1 aromatic carbocycles. The summed E-state index contributed by atoms with van der Waals surface area (Å²) in [5.41, 5.74) is 2.62. The summed E-state index contributed by atoms with van der Waals surface area (Å²) in [6.07, 6.45) is -1.23. The van der Waals surface area contributed by atoms with Crippen molar-refractivity contribution in [3.8, 4) is 0 Å². The molecule has 0 atom stereocenters. The average Bonchev–Trinajstić information content (AvgIpc) is 2.23. The van der Waals surface area contributed by atoms with Crippen molar-refractivity contribution in [1.82, 2.24) is 0 Å². The summed E-state index contributed by atoms with van der Waals surface area (Å²) in [7, 11) is 0. The highest BCUT2D eigenvalue weighted by atomic mass is 19.3.